The summed E-state index contributed by atoms with van der Waals surface area (Å²) in [6, 6.07) is 8.54. The molecule has 2 aliphatic rings. The largest absolute Gasteiger partial charge is 0.466 e. The van der Waals surface area contributed by atoms with Gasteiger partial charge in [-0.1, -0.05) is 24.3 Å². The fourth-order valence-corrected chi connectivity index (χ4v) is 3.68. The molecule has 0 spiro atoms. The maximum atomic E-state index is 11.6. The number of rotatable bonds is 1. The van der Waals surface area contributed by atoms with Crippen molar-refractivity contribution >= 4 is 22.6 Å². The van der Waals surface area contributed by atoms with Crippen LogP contribution in [0.5, 0.6) is 0 Å². The van der Waals surface area contributed by atoms with Crippen molar-refractivity contribution in [1.82, 2.24) is 0 Å². The molecule has 0 N–H and O–H groups in total. The minimum atomic E-state index is -0.201. The van der Waals surface area contributed by atoms with E-state index < -0.39 is 0 Å². The van der Waals surface area contributed by atoms with E-state index in [2.05, 4.69) is 24.3 Å². The van der Waals surface area contributed by atoms with Crippen LogP contribution in [-0.2, 0) is 16.0 Å². The summed E-state index contributed by atoms with van der Waals surface area (Å²) in [4.78, 5) is 12.9. The second-order valence-corrected chi connectivity index (χ2v) is 5.45. The van der Waals surface area contributed by atoms with E-state index in [-0.39, 0.29) is 5.97 Å². The zero-order chi connectivity index (χ0) is 12.5. The predicted octanol–water partition coefficient (Wildman–Crippen LogP) is 3.19. The molecule has 2 nitrogen and oxygen atoms in total. The van der Waals surface area contributed by atoms with E-state index in [1.807, 2.05) is 6.08 Å². The first-order valence-corrected chi connectivity index (χ1v) is 7.01. The molecule has 1 heterocycles. The molecule has 0 fully saturated rings. The van der Waals surface area contributed by atoms with Gasteiger partial charge in [-0.05, 0) is 35.6 Å². The van der Waals surface area contributed by atoms with Crippen molar-refractivity contribution in [2.24, 2.45) is 0 Å². The molecule has 0 amide bonds. The van der Waals surface area contributed by atoms with Crippen LogP contribution in [0.1, 0.15) is 17.5 Å². The lowest BCUT2D eigenvalue weighted by molar-refractivity contribution is -0.135. The lowest BCUT2D eigenvalue weighted by Gasteiger charge is -2.25. The number of hydrogen-bond acceptors (Lipinski definition) is 3. The van der Waals surface area contributed by atoms with Crippen molar-refractivity contribution in [2.45, 2.75) is 12.8 Å². The summed E-state index contributed by atoms with van der Waals surface area (Å²) in [5.74, 6) is 0.507. The van der Waals surface area contributed by atoms with Crippen LogP contribution >= 0.6 is 11.8 Å². The molecule has 0 saturated carbocycles. The second-order valence-electron chi connectivity index (χ2n) is 4.46. The van der Waals surface area contributed by atoms with Crippen molar-refractivity contribution in [3.8, 4) is 0 Å². The van der Waals surface area contributed by atoms with Crippen LogP contribution in [0.25, 0.3) is 4.91 Å². The van der Waals surface area contributed by atoms with Gasteiger partial charge in [0.05, 0.1) is 7.11 Å². The van der Waals surface area contributed by atoms with E-state index >= 15 is 0 Å². The van der Waals surface area contributed by atoms with E-state index in [1.165, 1.54) is 28.7 Å². The van der Waals surface area contributed by atoms with Crippen molar-refractivity contribution in [1.29, 1.82) is 0 Å². The van der Waals surface area contributed by atoms with Gasteiger partial charge in [-0.2, -0.15) is 0 Å². The smallest absolute Gasteiger partial charge is 0.334 e. The fraction of sp³-hybridized carbons (Fsp3) is 0.267. The molecule has 0 unspecified atom stereocenters. The predicted molar refractivity (Wildman–Crippen MR) is 74.2 cm³/mol. The number of aryl methyl sites for hydroxylation is 1. The second kappa shape index (κ2) is 4.65. The Kier molecular flexibility index (Phi) is 3.00. The van der Waals surface area contributed by atoms with Crippen LogP contribution in [0.4, 0.5) is 0 Å². The molecule has 0 aromatic heterocycles. The highest BCUT2D eigenvalue weighted by molar-refractivity contribution is 8.08. The van der Waals surface area contributed by atoms with Gasteiger partial charge in [0.25, 0.3) is 0 Å². The van der Waals surface area contributed by atoms with E-state index in [0.717, 1.165) is 18.4 Å². The van der Waals surface area contributed by atoms with Crippen molar-refractivity contribution in [3.05, 3.63) is 52.6 Å². The number of hydrogen-bond donors (Lipinski definition) is 0. The van der Waals surface area contributed by atoms with Crippen LogP contribution in [0.3, 0.4) is 0 Å². The van der Waals surface area contributed by atoms with Gasteiger partial charge in [0.2, 0.25) is 0 Å². The topological polar surface area (TPSA) is 26.3 Å². The third kappa shape index (κ3) is 1.89. The van der Waals surface area contributed by atoms with Gasteiger partial charge in [-0.15, -0.1) is 11.8 Å². The SMILES string of the molecule is COC(=O)C1=CC2=C(SC1)c1ccccc1CC2. The number of allylic oxidation sites excluding steroid dienone is 2. The standard InChI is InChI=1S/C15H14O2S/c1-17-15(16)12-8-11-7-6-10-4-2-3-5-13(10)14(11)18-9-12/h2-5,8H,6-7,9H2,1H3. The monoisotopic (exact) mass is 258 g/mol. The van der Waals surface area contributed by atoms with E-state index in [1.54, 1.807) is 11.8 Å². The Morgan fingerprint density at radius 1 is 1.28 bits per heavy atom. The lowest BCUT2D eigenvalue weighted by atomic mass is 9.91. The summed E-state index contributed by atoms with van der Waals surface area (Å²) in [6.45, 7) is 0. The van der Waals surface area contributed by atoms with Gasteiger partial charge in [0.15, 0.2) is 0 Å². The number of methoxy groups -OCH3 is 1. The Bertz CT molecular complexity index is 570. The molecule has 3 heteroatoms. The van der Waals surface area contributed by atoms with Crippen LogP contribution in [-0.4, -0.2) is 18.8 Å². The number of carbonyl (C=O) groups is 1. The third-order valence-electron chi connectivity index (χ3n) is 3.39. The Morgan fingerprint density at radius 3 is 2.94 bits per heavy atom. The van der Waals surface area contributed by atoms with Gasteiger partial charge >= 0.3 is 5.97 Å². The van der Waals surface area contributed by atoms with Crippen LogP contribution < -0.4 is 0 Å². The lowest BCUT2D eigenvalue weighted by Crippen LogP contribution is -2.13. The number of ether oxygens (including phenoxy) is 1. The van der Waals surface area contributed by atoms with Crippen LogP contribution in [0.2, 0.25) is 0 Å². The van der Waals surface area contributed by atoms with Gasteiger partial charge in [0, 0.05) is 16.2 Å². The quantitative estimate of drug-likeness (QED) is 0.724. The molecular formula is C15H14O2S. The normalized spacial score (nSPS) is 17.7. The van der Waals surface area contributed by atoms with Crippen molar-refractivity contribution < 1.29 is 9.53 Å². The molecule has 0 radical (unpaired) electrons. The minimum absolute atomic E-state index is 0.201. The molecule has 0 bridgehead atoms. The fourth-order valence-electron chi connectivity index (χ4n) is 2.47. The van der Waals surface area contributed by atoms with E-state index in [9.17, 15) is 4.79 Å². The summed E-state index contributed by atoms with van der Waals surface area (Å²) in [7, 11) is 1.44. The molecule has 3 rings (SSSR count). The molecule has 1 aromatic carbocycles. The third-order valence-corrected chi connectivity index (χ3v) is 4.61. The average molecular weight is 258 g/mol. The first kappa shape index (κ1) is 11.6. The molecular weight excluding hydrogens is 244 g/mol. The Labute approximate surface area is 111 Å². The summed E-state index contributed by atoms with van der Waals surface area (Å²) in [6.07, 6.45) is 4.09. The van der Waals surface area contributed by atoms with Crippen LogP contribution in [0.15, 0.2) is 41.5 Å². The van der Waals surface area contributed by atoms with Crippen molar-refractivity contribution in [3.63, 3.8) is 0 Å². The molecule has 1 aromatic rings. The number of benzene rings is 1. The zero-order valence-electron chi connectivity index (χ0n) is 10.2. The molecule has 1 aliphatic carbocycles. The first-order valence-electron chi connectivity index (χ1n) is 6.02. The molecule has 92 valence electrons. The number of thioether (sulfide) groups is 1. The molecule has 0 atom stereocenters. The van der Waals surface area contributed by atoms with Gasteiger partial charge in [0.1, 0.15) is 0 Å². The van der Waals surface area contributed by atoms with E-state index in [0.29, 0.717) is 5.75 Å². The Balaban J connectivity index is 2.03. The van der Waals surface area contributed by atoms with Crippen molar-refractivity contribution in [2.75, 3.05) is 12.9 Å². The maximum absolute atomic E-state index is 11.6. The number of esters is 1. The average Bonchev–Trinajstić information content (AvgIpc) is 2.45. The Morgan fingerprint density at radius 2 is 2.11 bits per heavy atom. The summed E-state index contributed by atoms with van der Waals surface area (Å²) in [5, 5.41) is 0. The number of carbonyl (C=O) groups excluding carboxylic acids is 1. The maximum Gasteiger partial charge on any atom is 0.334 e. The van der Waals surface area contributed by atoms with E-state index in [4.69, 9.17) is 4.74 Å². The summed E-state index contributed by atoms with van der Waals surface area (Å²) >= 11 is 1.75. The molecule has 18 heavy (non-hydrogen) atoms. The number of fused-ring (bicyclic) bond motifs is 2. The van der Waals surface area contributed by atoms with Gasteiger partial charge in [-0.3, -0.25) is 0 Å². The summed E-state index contributed by atoms with van der Waals surface area (Å²) in [5.41, 5.74) is 4.81. The highest BCUT2D eigenvalue weighted by atomic mass is 32.2. The zero-order valence-corrected chi connectivity index (χ0v) is 11.0. The molecule has 0 saturated heterocycles. The highest BCUT2D eigenvalue weighted by Gasteiger charge is 2.24. The highest BCUT2D eigenvalue weighted by Crippen LogP contribution is 2.43. The van der Waals surface area contributed by atoms with Gasteiger partial charge in [-0.25, -0.2) is 4.79 Å². The van der Waals surface area contributed by atoms with Crippen LogP contribution in [0, 0.1) is 0 Å². The molecule has 1 aliphatic heterocycles. The minimum Gasteiger partial charge on any atom is -0.466 e. The van der Waals surface area contributed by atoms with Gasteiger partial charge < -0.3 is 4.74 Å². The summed E-state index contributed by atoms with van der Waals surface area (Å²) < 4.78 is 4.80. The Hall–Kier alpha value is -1.48. The first-order chi connectivity index (χ1) is 8.79.